The second-order valence-electron chi connectivity index (χ2n) is 1.81. The standard InChI is InChI=1S/C9H14/c1-3-5-7-9-8-6-4-2/h3-7H,1,8-9H2,2H3/b6-4?,7-5+. The molecule has 0 saturated carbocycles. The lowest BCUT2D eigenvalue weighted by Gasteiger charge is -1.81. The first-order valence-corrected chi connectivity index (χ1v) is 3.30. The average Bonchev–Trinajstić information content (AvgIpc) is 1.89. The van der Waals surface area contributed by atoms with Crippen molar-refractivity contribution in [1.29, 1.82) is 0 Å². The largest absolute Gasteiger partial charge is 0.0991 e. The molecule has 50 valence electrons. The van der Waals surface area contributed by atoms with E-state index < -0.39 is 0 Å². The van der Waals surface area contributed by atoms with E-state index >= 15 is 0 Å². The third-order valence-corrected chi connectivity index (χ3v) is 1.01. The van der Waals surface area contributed by atoms with Crippen molar-refractivity contribution in [2.45, 2.75) is 19.8 Å². The maximum Gasteiger partial charge on any atom is -0.0313 e. The first kappa shape index (κ1) is 8.22. The van der Waals surface area contributed by atoms with E-state index in [4.69, 9.17) is 0 Å². The molecule has 0 amide bonds. The van der Waals surface area contributed by atoms with Crippen LogP contribution in [0.3, 0.4) is 0 Å². The molecule has 0 N–H and O–H groups in total. The fourth-order valence-electron chi connectivity index (χ4n) is 0.552. The van der Waals surface area contributed by atoms with E-state index in [1.165, 1.54) is 0 Å². The van der Waals surface area contributed by atoms with Crippen LogP contribution in [0.15, 0.2) is 37.0 Å². The Morgan fingerprint density at radius 2 is 1.89 bits per heavy atom. The van der Waals surface area contributed by atoms with Crippen LogP contribution >= 0.6 is 0 Å². The topological polar surface area (TPSA) is 0 Å². The maximum atomic E-state index is 3.57. The van der Waals surface area contributed by atoms with Crippen LogP contribution in [0.5, 0.6) is 0 Å². The Morgan fingerprint density at radius 1 is 1.22 bits per heavy atom. The van der Waals surface area contributed by atoms with Crippen LogP contribution in [0.4, 0.5) is 0 Å². The molecule has 0 heteroatoms. The first-order chi connectivity index (χ1) is 4.41. The van der Waals surface area contributed by atoms with Gasteiger partial charge in [-0.05, 0) is 19.8 Å². The van der Waals surface area contributed by atoms with Crippen molar-refractivity contribution in [3.63, 3.8) is 0 Å². The van der Waals surface area contributed by atoms with Crippen molar-refractivity contribution in [3.8, 4) is 0 Å². The van der Waals surface area contributed by atoms with Gasteiger partial charge in [0, 0.05) is 0 Å². The molecule has 0 aliphatic heterocycles. The van der Waals surface area contributed by atoms with Crippen LogP contribution in [0.25, 0.3) is 0 Å². The quantitative estimate of drug-likeness (QED) is 0.305. The highest BCUT2D eigenvalue weighted by Gasteiger charge is 1.71. The third kappa shape index (κ3) is 7.22. The lowest BCUT2D eigenvalue weighted by molar-refractivity contribution is 1.05. The molecule has 0 spiro atoms. The molecule has 0 rings (SSSR count). The van der Waals surface area contributed by atoms with Gasteiger partial charge in [-0.25, -0.2) is 0 Å². The molecule has 0 aliphatic rings. The van der Waals surface area contributed by atoms with Crippen LogP contribution < -0.4 is 0 Å². The molecule has 0 unspecified atom stereocenters. The van der Waals surface area contributed by atoms with E-state index in [9.17, 15) is 0 Å². The minimum absolute atomic E-state index is 1.12. The lowest BCUT2D eigenvalue weighted by Crippen LogP contribution is -1.61. The normalized spacial score (nSPS) is 11.2. The van der Waals surface area contributed by atoms with Crippen molar-refractivity contribution < 1.29 is 0 Å². The van der Waals surface area contributed by atoms with E-state index in [0.717, 1.165) is 12.8 Å². The molecule has 0 aliphatic carbocycles. The van der Waals surface area contributed by atoms with Crippen LogP contribution in [0.1, 0.15) is 19.8 Å². The summed E-state index contributed by atoms with van der Waals surface area (Å²) in [6.45, 7) is 5.61. The van der Waals surface area contributed by atoms with Gasteiger partial charge in [0.05, 0.1) is 0 Å². The molecule has 0 aromatic heterocycles. The molecule has 0 bridgehead atoms. The Hall–Kier alpha value is -0.780. The summed E-state index contributed by atoms with van der Waals surface area (Å²) in [6.07, 6.45) is 12.4. The van der Waals surface area contributed by atoms with Gasteiger partial charge in [-0.1, -0.05) is 37.0 Å². The van der Waals surface area contributed by atoms with E-state index in [1.807, 2.05) is 13.0 Å². The summed E-state index contributed by atoms with van der Waals surface area (Å²) in [5.41, 5.74) is 0. The molecule has 0 aromatic rings. The summed E-state index contributed by atoms with van der Waals surface area (Å²) < 4.78 is 0. The molecule has 0 nitrogen and oxygen atoms in total. The van der Waals surface area contributed by atoms with Crippen molar-refractivity contribution >= 4 is 0 Å². The van der Waals surface area contributed by atoms with Gasteiger partial charge < -0.3 is 0 Å². The van der Waals surface area contributed by atoms with Crippen LogP contribution in [-0.4, -0.2) is 0 Å². The summed E-state index contributed by atoms with van der Waals surface area (Å²) in [4.78, 5) is 0. The van der Waals surface area contributed by atoms with Gasteiger partial charge in [0.2, 0.25) is 0 Å². The molecule has 0 heterocycles. The van der Waals surface area contributed by atoms with E-state index in [-0.39, 0.29) is 0 Å². The van der Waals surface area contributed by atoms with Gasteiger partial charge in [0.15, 0.2) is 0 Å². The number of allylic oxidation sites excluding steroid dienone is 5. The van der Waals surface area contributed by atoms with Crippen LogP contribution in [0.2, 0.25) is 0 Å². The first-order valence-electron chi connectivity index (χ1n) is 3.30. The Morgan fingerprint density at radius 3 is 2.44 bits per heavy atom. The summed E-state index contributed by atoms with van der Waals surface area (Å²) in [6, 6.07) is 0. The zero-order valence-corrected chi connectivity index (χ0v) is 6.01. The second-order valence-corrected chi connectivity index (χ2v) is 1.81. The zero-order valence-electron chi connectivity index (χ0n) is 6.01. The van der Waals surface area contributed by atoms with E-state index in [0.29, 0.717) is 0 Å². The highest BCUT2D eigenvalue weighted by Crippen LogP contribution is 1.91. The van der Waals surface area contributed by atoms with Crippen molar-refractivity contribution in [1.82, 2.24) is 0 Å². The molecule has 9 heavy (non-hydrogen) atoms. The molecular formula is C9H14. The summed E-state index contributed by atoms with van der Waals surface area (Å²) in [5, 5.41) is 0. The molecule has 0 radical (unpaired) electrons. The van der Waals surface area contributed by atoms with Gasteiger partial charge in [0.25, 0.3) is 0 Å². The minimum Gasteiger partial charge on any atom is -0.0991 e. The smallest absolute Gasteiger partial charge is 0.0313 e. The fourth-order valence-corrected chi connectivity index (χ4v) is 0.552. The molecule has 0 atom stereocenters. The number of hydrogen-bond acceptors (Lipinski definition) is 0. The fraction of sp³-hybridized carbons (Fsp3) is 0.333. The Kier molecular flexibility index (Phi) is 6.59. The number of hydrogen-bond donors (Lipinski definition) is 0. The van der Waals surface area contributed by atoms with Gasteiger partial charge in [-0.15, -0.1) is 0 Å². The Balaban J connectivity index is 3.08. The average molecular weight is 122 g/mol. The number of rotatable bonds is 4. The zero-order chi connectivity index (χ0) is 6.95. The molecule has 0 saturated heterocycles. The Labute approximate surface area is 57.6 Å². The van der Waals surface area contributed by atoms with Crippen LogP contribution in [0, 0.1) is 0 Å². The van der Waals surface area contributed by atoms with E-state index in [2.05, 4.69) is 24.8 Å². The SMILES string of the molecule is C=C/C=C/CCC=CC. The molecule has 0 fully saturated rings. The lowest BCUT2D eigenvalue weighted by atomic mass is 10.3. The van der Waals surface area contributed by atoms with Gasteiger partial charge in [0.1, 0.15) is 0 Å². The van der Waals surface area contributed by atoms with Crippen molar-refractivity contribution in [2.75, 3.05) is 0 Å². The second kappa shape index (κ2) is 7.22. The maximum absolute atomic E-state index is 3.57. The van der Waals surface area contributed by atoms with Crippen molar-refractivity contribution in [2.24, 2.45) is 0 Å². The van der Waals surface area contributed by atoms with Gasteiger partial charge >= 0.3 is 0 Å². The molecular weight excluding hydrogens is 108 g/mol. The molecule has 0 aromatic carbocycles. The summed E-state index contributed by atoms with van der Waals surface area (Å²) in [5.74, 6) is 0. The summed E-state index contributed by atoms with van der Waals surface area (Å²) >= 11 is 0. The van der Waals surface area contributed by atoms with Gasteiger partial charge in [-0.3, -0.25) is 0 Å². The van der Waals surface area contributed by atoms with E-state index in [1.54, 1.807) is 6.08 Å². The predicted molar refractivity (Wildman–Crippen MR) is 43.4 cm³/mol. The third-order valence-electron chi connectivity index (χ3n) is 1.01. The summed E-state index contributed by atoms with van der Waals surface area (Å²) in [7, 11) is 0. The predicted octanol–water partition coefficient (Wildman–Crippen LogP) is 3.08. The number of unbranched alkanes of at least 4 members (excludes halogenated alkanes) is 1. The van der Waals surface area contributed by atoms with Crippen LogP contribution in [-0.2, 0) is 0 Å². The monoisotopic (exact) mass is 122 g/mol. The Bertz CT molecular complexity index is 107. The minimum atomic E-state index is 1.12. The highest BCUT2D eigenvalue weighted by atomic mass is 13.8. The highest BCUT2D eigenvalue weighted by molar-refractivity contribution is 4.97. The van der Waals surface area contributed by atoms with Crippen molar-refractivity contribution in [3.05, 3.63) is 37.0 Å². The van der Waals surface area contributed by atoms with Gasteiger partial charge in [-0.2, -0.15) is 0 Å².